The minimum absolute atomic E-state index is 0.0838. The number of nitrogens with one attached hydrogen (secondary N) is 1. The van der Waals surface area contributed by atoms with Crippen molar-refractivity contribution >= 4 is 39.1 Å². The van der Waals surface area contributed by atoms with Crippen LogP contribution in [0.3, 0.4) is 0 Å². The van der Waals surface area contributed by atoms with Gasteiger partial charge in [-0.05, 0) is 45.9 Å². The number of carbonyl (C=O) groups is 1. The van der Waals surface area contributed by atoms with Gasteiger partial charge in [0, 0.05) is 4.88 Å². The van der Waals surface area contributed by atoms with Crippen molar-refractivity contribution in [1.29, 1.82) is 0 Å². The molecule has 10 heteroatoms. The average molecular weight is 432 g/mol. The molecule has 29 heavy (non-hydrogen) atoms. The van der Waals surface area contributed by atoms with Crippen LogP contribution in [0, 0.1) is 27.7 Å². The van der Waals surface area contributed by atoms with Gasteiger partial charge < -0.3 is 4.42 Å². The highest BCUT2D eigenvalue weighted by atomic mass is 35.5. The number of carbonyl (C=O) groups excluding carboxylic acids is 1. The van der Waals surface area contributed by atoms with Gasteiger partial charge in [-0.15, -0.1) is 11.3 Å². The van der Waals surface area contributed by atoms with Crippen molar-refractivity contribution in [3.05, 3.63) is 67.2 Å². The maximum Gasteiger partial charge on any atom is 0.305 e. The topological polar surface area (TPSA) is 95.0 Å². The van der Waals surface area contributed by atoms with Gasteiger partial charge in [-0.3, -0.25) is 19.7 Å². The van der Waals surface area contributed by atoms with Crippen LogP contribution in [0.5, 0.6) is 0 Å². The number of fused-ring (bicyclic) bond motifs is 1. The highest BCUT2D eigenvalue weighted by molar-refractivity contribution is 7.18. The highest BCUT2D eigenvalue weighted by Crippen LogP contribution is 2.21. The molecule has 0 spiro atoms. The number of hydrogen-bond donors (Lipinski definition) is 1. The number of rotatable bonds is 4. The lowest BCUT2D eigenvalue weighted by molar-refractivity contribution is 0.0978. The second-order valence-corrected chi connectivity index (χ2v) is 8.34. The predicted molar refractivity (Wildman–Crippen MR) is 112 cm³/mol. The van der Waals surface area contributed by atoms with Crippen LogP contribution >= 0.6 is 22.9 Å². The van der Waals surface area contributed by atoms with Gasteiger partial charge in [0.2, 0.25) is 0 Å². The van der Waals surface area contributed by atoms with Crippen molar-refractivity contribution in [3.8, 4) is 0 Å². The van der Waals surface area contributed by atoms with Crippen molar-refractivity contribution in [2.75, 3.05) is 5.43 Å². The summed E-state index contributed by atoms with van der Waals surface area (Å²) in [5.41, 5.74) is 3.79. The second-order valence-electron chi connectivity index (χ2n) is 6.72. The molecule has 0 aliphatic carbocycles. The van der Waals surface area contributed by atoms with Gasteiger partial charge >= 0.3 is 5.91 Å². The van der Waals surface area contributed by atoms with Gasteiger partial charge in [-0.25, -0.2) is 9.66 Å². The molecule has 4 heterocycles. The third-order valence-corrected chi connectivity index (χ3v) is 6.05. The third-order valence-electron chi connectivity index (χ3n) is 4.55. The minimum atomic E-state index is -0.541. The second kappa shape index (κ2) is 7.16. The molecule has 0 saturated carbocycles. The molecule has 0 saturated heterocycles. The first-order chi connectivity index (χ1) is 13.7. The number of aryl methyl sites for hydroxylation is 3. The summed E-state index contributed by atoms with van der Waals surface area (Å²) < 4.78 is 8.50. The molecule has 0 unspecified atom stereocenters. The van der Waals surface area contributed by atoms with E-state index < -0.39 is 5.91 Å². The lowest BCUT2D eigenvalue weighted by Gasteiger charge is -2.09. The van der Waals surface area contributed by atoms with Crippen molar-refractivity contribution in [3.63, 3.8) is 0 Å². The van der Waals surface area contributed by atoms with E-state index in [1.807, 2.05) is 20.8 Å². The normalized spacial score (nSPS) is 11.3. The Morgan fingerprint density at radius 1 is 1.28 bits per heavy atom. The van der Waals surface area contributed by atoms with Gasteiger partial charge in [0.05, 0.1) is 28.3 Å². The van der Waals surface area contributed by atoms with Crippen LogP contribution < -0.4 is 11.0 Å². The Morgan fingerprint density at radius 2 is 2.03 bits per heavy atom. The maximum absolute atomic E-state index is 12.7. The van der Waals surface area contributed by atoms with Crippen LogP contribution in [0.25, 0.3) is 10.2 Å². The molecular weight excluding hydrogens is 414 g/mol. The summed E-state index contributed by atoms with van der Waals surface area (Å²) in [6.45, 7) is 7.60. The van der Waals surface area contributed by atoms with Gasteiger partial charge in [-0.1, -0.05) is 11.6 Å². The fourth-order valence-corrected chi connectivity index (χ4v) is 4.10. The molecule has 4 aromatic heterocycles. The molecule has 1 amide bonds. The standard InChI is InChI=1S/C19H18ClN5O3S/c1-9-7-14-18(29-9)21-12(4)25(19(14)27)23-17(26)15-6-5-13(28-15)8-24-11(3)16(20)10(2)22-24/h5-7H,8H2,1-4H3,(H,23,26). The number of halogens is 1. The van der Waals surface area contributed by atoms with E-state index in [4.69, 9.17) is 16.0 Å². The fraction of sp³-hybridized carbons (Fsp3) is 0.263. The zero-order valence-electron chi connectivity index (χ0n) is 16.2. The first-order valence-corrected chi connectivity index (χ1v) is 10.0. The lowest BCUT2D eigenvalue weighted by Crippen LogP contribution is -2.35. The molecule has 0 atom stereocenters. The van der Waals surface area contributed by atoms with E-state index in [2.05, 4.69) is 15.5 Å². The molecule has 4 aromatic rings. The maximum atomic E-state index is 12.7. The van der Waals surface area contributed by atoms with Crippen LogP contribution in [0.1, 0.15) is 38.4 Å². The van der Waals surface area contributed by atoms with E-state index in [9.17, 15) is 9.59 Å². The average Bonchev–Trinajstić information content (AvgIpc) is 3.34. The largest absolute Gasteiger partial charge is 0.454 e. The molecule has 0 aliphatic rings. The van der Waals surface area contributed by atoms with E-state index in [0.717, 1.165) is 20.9 Å². The molecule has 150 valence electrons. The third kappa shape index (κ3) is 3.47. The van der Waals surface area contributed by atoms with Crippen molar-refractivity contribution in [1.82, 2.24) is 19.4 Å². The summed E-state index contributed by atoms with van der Waals surface area (Å²) in [5.74, 6) is 0.478. The smallest absolute Gasteiger partial charge is 0.305 e. The van der Waals surface area contributed by atoms with Gasteiger partial charge in [0.25, 0.3) is 5.56 Å². The molecule has 0 fully saturated rings. The Labute approximate surface area is 174 Å². The van der Waals surface area contributed by atoms with Crippen molar-refractivity contribution in [2.24, 2.45) is 0 Å². The molecule has 0 aliphatic heterocycles. The molecule has 8 nitrogen and oxygen atoms in total. The molecule has 1 N–H and O–H groups in total. The Morgan fingerprint density at radius 3 is 2.72 bits per heavy atom. The molecule has 0 radical (unpaired) electrons. The number of nitrogens with zero attached hydrogens (tertiary/aromatic N) is 4. The number of aromatic nitrogens is 4. The zero-order chi connectivity index (χ0) is 20.9. The Hall–Kier alpha value is -2.91. The number of furan rings is 1. The quantitative estimate of drug-likeness (QED) is 0.533. The molecular formula is C19H18ClN5O3S. The van der Waals surface area contributed by atoms with Crippen LogP contribution in [0.15, 0.2) is 27.4 Å². The van der Waals surface area contributed by atoms with E-state index in [0.29, 0.717) is 33.4 Å². The van der Waals surface area contributed by atoms with E-state index in [1.54, 1.807) is 29.8 Å². The predicted octanol–water partition coefficient (Wildman–Crippen LogP) is 3.57. The summed E-state index contributed by atoms with van der Waals surface area (Å²) in [6, 6.07) is 5.01. The first kappa shape index (κ1) is 19.4. The van der Waals surface area contributed by atoms with Crippen molar-refractivity contribution in [2.45, 2.75) is 34.2 Å². The Balaban J connectivity index is 1.58. The number of amides is 1. The Kier molecular flexibility index (Phi) is 4.79. The summed E-state index contributed by atoms with van der Waals surface area (Å²) in [7, 11) is 0. The van der Waals surface area contributed by atoms with Crippen molar-refractivity contribution < 1.29 is 9.21 Å². The van der Waals surface area contributed by atoms with Gasteiger partial charge in [0.15, 0.2) is 5.76 Å². The minimum Gasteiger partial charge on any atom is -0.454 e. The van der Waals surface area contributed by atoms with Crippen LogP contribution in [-0.4, -0.2) is 25.3 Å². The van der Waals surface area contributed by atoms with E-state index in [1.165, 1.54) is 11.3 Å². The molecule has 0 aromatic carbocycles. The zero-order valence-corrected chi connectivity index (χ0v) is 17.8. The van der Waals surface area contributed by atoms with Crippen LogP contribution in [0.4, 0.5) is 0 Å². The Bertz CT molecular complexity index is 1310. The van der Waals surface area contributed by atoms with Gasteiger partial charge in [0.1, 0.15) is 16.4 Å². The van der Waals surface area contributed by atoms with Crippen LogP contribution in [0.2, 0.25) is 5.02 Å². The van der Waals surface area contributed by atoms with E-state index >= 15 is 0 Å². The monoisotopic (exact) mass is 431 g/mol. The summed E-state index contributed by atoms with van der Waals surface area (Å²) in [4.78, 5) is 31.4. The summed E-state index contributed by atoms with van der Waals surface area (Å²) >= 11 is 7.61. The molecule has 4 rings (SSSR count). The van der Waals surface area contributed by atoms with Gasteiger partial charge in [-0.2, -0.15) is 5.10 Å². The molecule has 0 bridgehead atoms. The SMILES string of the molecule is Cc1cc2c(=O)n(NC(=O)c3ccc(Cn4nc(C)c(Cl)c4C)o3)c(C)nc2s1. The highest BCUT2D eigenvalue weighted by Gasteiger charge is 2.17. The number of hydrogen-bond acceptors (Lipinski definition) is 6. The number of thiophene rings is 1. The fourth-order valence-electron chi connectivity index (χ4n) is 3.05. The van der Waals surface area contributed by atoms with E-state index in [-0.39, 0.29) is 11.3 Å². The summed E-state index contributed by atoms with van der Waals surface area (Å²) in [5, 5.41) is 5.43. The lowest BCUT2D eigenvalue weighted by atomic mass is 10.3. The first-order valence-electron chi connectivity index (χ1n) is 8.84. The van der Waals surface area contributed by atoms with Crippen LogP contribution in [-0.2, 0) is 6.54 Å². The summed E-state index contributed by atoms with van der Waals surface area (Å²) in [6.07, 6.45) is 0.